The summed E-state index contributed by atoms with van der Waals surface area (Å²) in [6, 6.07) is 6.06. The van der Waals surface area contributed by atoms with Crippen molar-refractivity contribution in [3.63, 3.8) is 0 Å². The van der Waals surface area contributed by atoms with E-state index in [1.165, 1.54) is 12.1 Å². The average Bonchev–Trinajstić information content (AvgIpc) is 2.63. The first-order chi connectivity index (χ1) is 7.59. The summed E-state index contributed by atoms with van der Waals surface area (Å²) >= 11 is 1.54. The Kier molecular flexibility index (Phi) is 2.88. The lowest BCUT2D eigenvalue weighted by Gasteiger charge is -2.04. The summed E-state index contributed by atoms with van der Waals surface area (Å²) in [4.78, 5) is 13.1. The molecule has 1 heterocycles. The van der Waals surface area contributed by atoms with E-state index in [0.29, 0.717) is 16.7 Å². The van der Waals surface area contributed by atoms with Crippen molar-refractivity contribution in [1.82, 2.24) is 0 Å². The quantitative estimate of drug-likeness (QED) is 0.723. The van der Waals surface area contributed by atoms with Crippen LogP contribution in [-0.2, 0) is 0 Å². The van der Waals surface area contributed by atoms with Gasteiger partial charge in [-0.25, -0.2) is 4.39 Å². The van der Waals surface area contributed by atoms with E-state index in [0.717, 1.165) is 4.88 Å². The fourth-order valence-electron chi connectivity index (χ4n) is 1.65. The van der Waals surface area contributed by atoms with Crippen LogP contribution in [0.25, 0.3) is 0 Å². The predicted molar refractivity (Wildman–Crippen MR) is 63.6 cm³/mol. The molecule has 0 amide bonds. The number of carbonyl (C=O) groups is 1. The van der Waals surface area contributed by atoms with E-state index in [1.54, 1.807) is 24.3 Å². The van der Waals surface area contributed by atoms with Crippen molar-refractivity contribution in [2.45, 2.75) is 13.8 Å². The van der Waals surface area contributed by atoms with Gasteiger partial charge in [0.05, 0.1) is 0 Å². The van der Waals surface area contributed by atoms with Gasteiger partial charge in [-0.2, -0.15) is 0 Å². The molecular weight excluding hydrogens is 223 g/mol. The van der Waals surface area contributed by atoms with E-state index in [2.05, 4.69) is 0 Å². The van der Waals surface area contributed by atoms with Gasteiger partial charge in [-0.15, -0.1) is 11.3 Å². The smallest absolute Gasteiger partial charge is 0.194 e. The van der Waals surface area contributed by atoms with Crippen LogP contribution >= 0.6 is 11.3 Å². The average molecular weight is 234 g/mol. The molecule has 2 aromatic rings. The van der Waals surface area contributed by atoms with Crippen LogP contribution in [0.3, 0.4) is 0 Å². The molecule has 0 radical (unpaired) electrons. The van der Waals surface area contributed by atoms with E-state index >= 15 is 0 Å². The number of halogens is 1. The highest BCUT2D eigenvalue weighted by Gasteiger charge is 2.14. The van der Waals surface area contributed by atoms with E-state index < -0.39 is 0 Å². The SMILES string of the molecule is Cc1cc(F)ccc1C(=O)c1ccsc1C. The Hall–Kier alpha value is -1.48. The minimum Gasteiger partial charge on any atom is -0.289 e. The maximum absolute atomic E-state index is 12.9. The third-order valence-corrected chi connectivity index (χ3v) is 3.38. The molecule has 0 aliphatic rings. The Morgan fingerprint density at radius 1 is 1.19 bits per heavy atom. The predicted octanol–water partition coefficient (Wildman–Crippen LogP) is 3.74. The number of carbonyl (C=O) groups excluding carboxylic acids is 1. The van der Waals surface area contributed by atoms with Gasteiger partial charge in [-0.05, 0) is 49.1 Å². The molecule has 0 saturated carbocycles. The molecule has 2 rings (SSSR count). The number of hydrogen-bond donors (Lipinski definition) is 0. The highest BCUT2D eigenvalue weighted by Crippen LogP contribution is 2.21. The molecule has 0 N–H and O–H groups in total. The van der Waals surface area contributed by atoms with Crippen LogP contribution < -0.4 is 0 Å². The molecule has 0 aliphatic heterocycles. The van der Waals surface area contributed by atoms with Crippen molar-refractivity contribution in [2.75, 3.05) is 0 Å². The van der Waals surface area contributed by atoms with Crippen molar-refractivity contribution in [1.29, 1.82) is 0 Å². The second-order valence-electron chi connectivity index (χ2n) is 3.68. The molecule has 1 aromatic heterocycles. The first-order valence-electron chi connectivity index (χ1n) is 4.94. The molecule has 0 spiro atoms. The van der Waals surface area contributed by atoms with Crippen LogP contribution in [0, 0.1) is 19.7 Å². The zero-order chi connectivity index (χ0) is 11.7. The Morgan fingerprint density at radius 2 is 1.94 bits per heavy atom. The van der Waals surface area contributed by atoms with Gasteiger partial charge in [0.25, 0.3) is 0 Å². The third-order valence-electron chi connectivity index (χ3n) is 2.54. The molecule has 0 fully saturated rings. The van der Waals surface area contributed by atoms with E-state index in [4.69, 9.17) is 0 Å². The molecule has 0 unspecified atom stereocenters. The molecule has 0 aliphatic carbocycles. The summed E-state index contributed by atoms with van der Waals surface area (Å²) in [6.07, 6.45) is 0. The number of thiophene rings is 1. The van der Waals surface area contributed by atoms with Crippen LogP contribution in [0.1, 0.15) is 26.4 Å². The summed E-state index contributed by atoms with van der Waals surface area (Å²) in [5.41, 5.74) is 1.96. The summed E-state index contributed by atoms with van der Waals surface area (Å²) in [5, 5.41) is 1.89. The van der Waals surface area contributed by atoms with Crippen LogP contribution in [-0.4, -0.2) is 5.78 Å². The Balaban J connectivity index is 2.46. The van der Waals surface area contributed by atoms with Crippen molar-refractivity contribution < 1.29 is 9.18 Å². The summed E-state index contributed by atoms with van der Waals surface area (Å²) < 4.78 is 12.9. The van der Waals surface area contributed by atoms with Crippen molar-refractivity contribution in [3.05, 3.63) is 57.0 Å². The highest BCUT2D eigenvalue weighted by molar-refractivity contribution is 7.10. The van der Waals surface area contributed by atoms with Gasteiger partial charge in [-0.3, -0.25) is 4.79 Å². The summed E-state index contributed by atoms with van der Waals surface area (Å²) in [5.74, 6) is -0.340. The lowest BCUT2D eigenvalue weighted by atomic mass is 10.00. The van der Waals surface area contributed by atoms with Crippen LogP contribution in [0.2, 0.25) is 0 Å². The first kappa shape index (κ1) is 11.0. The maximum Gasteiger partial charge on any atom is 0.194 e. The van der Waals surface area contributed by atoms with Crippen molar-refractivity contribution in [2.24, 2.45) is 0 Å². The minimum atomic E-state index is -0.309. The number of hydrogen-bond acceptors (Lipinski definition) is 2. The molecule has 0 atom stereocenters. The lowest BCUT2D eigenvalue weighted by Crippen LogP contribution is -2.04. The van der Waals surface area contributed by atoms with Crippen molar-refractivity contribution >= 4 is 17.1 Å². The third kappa shape index (κ3) is 1.91. The standard InChI is InChI=1S/C13H11FOS/c1-8-7-10(14)3-4-11(8)13(15)12-5-6-16-9(12)2/h3-7H,1-2H3. The number of ketones is 1. The van der Waals surface area contributed by atoms with Gasteiger partial charge in [0.1, 0.15) is 5.82 Å². The fourth-order valence-corrected chi connectivity index (χ4v) is 2.34. The van der Waals surface area contributed by atoms with Gasteiger partial charge in [0.2, 0.25) is 0 Å². The second kappa shape index (κ2) is 4.18. The van der Waals surface area contributed by atoms with E-state index in [-0.39, 0.29) is 11.6 Å². The van der Waals surface area contributed by atoms with Gasteiger partial charge in [0.15, 0.2) is 5.78 Å². The lowest BCUT2D eigenvalue weighted by molar-refractivity contribution is 0.103. The largest absolute Gasteiger partial charge is 0.289 e. The zero-order valence-corrected chi connectivity index (χ0v) is 9.90. The Morgan fingerprint density at radius 3 is 2.50 bits per heavy atom. The van der Waals surface area contributed by atoms with Gasteiger partial charge in [-0.1, -0.05) is 0 Å². The zero-order valence-electron chi connectivity index (χ0n) is 9.08. The number of benzene rings is 1. The molecular formula is C13H11FOS. The normalized spacial score (nSPS) is 10.4. The number of rotatable bonds is 2. The molecule has 0 bridgehead atoms. The topological polar surface area (TPSA) is 17.1 Å². The molecule has 1 aromatic carbocycles. The first-order valence-corrected chi connectivity index (χ1v) is 5.82. The molecule has 3 heteroatoms. The van der Waals surface area contributed by atoms with Crippen LogP contribution in [0.5, 0.6) is 0 Å². The van der Waals surface area contributed by atoms with Gasteiger partial charge < -0.3 is 0 Å². The Bertz CT molecular complexity index is 543. The summed E-state index contributed by atoms with van der Waals surface area (Å²) in [7, 11) is 0. The highest BCUT2D eigenvalue weighted by atomic mass is 32.1. The monoisotopic (exact) mass is 234 g/mol. The van der Waals surface area contributed by atoms with Crippen LogP contribution in [0.4, 0.5) is 4.39 Å². The van der Waals surface area contributed by atoms with E-state index in [9.17, 15) is 9.18 Å². The molecule has 16 heavy (non-hydrogen) atoms. The number of aryl methyl sites for hydroxylation is 2. The second-order valence-corrected chi connectivity index (χ2v) is 4.80. The molecule has 82 valence electrons. The summed E-state index contributed by atoms with van der Waals surface area (Å²) in [6.45, 7) is 3.66. The Labute approximate surface area is 97.6 Å². The maximum atomic E-state index is 12.9. The molecule has 1 nitrogen and oxygen atoms in total. The molecule has 0 saturated heterocycles. The fraction of sp³-hybridized carbons (Fsp3) is 0.154. The van der Waals surface area contributed by atoms with Crippen molar-refractivity contribution in [3.8, 4) is 0 Å². The van der Waals surface area contributed by atoms with E-state index in [1.807, 2.05) is 18.4 Å². The minimum absolute atomic E-state index is 0.0312. The van der Waals surface area contributed by atoms with Gasteiger partial charge >= 0.3 is 0 Å². The van der Waals surface area contributed by atoms with Gasteiger partial charge in [0, 0.05) is 16.0 Å². The van der Waals surface area contributed by atoms with Crippen LogP contribution in [0.15, 0.2) is 29.6 Å².